The number of hydrogen-bond donors (Lipinski definition) is 1. The van der Waals surface area contributed by atoms with Crippen molar-refractivity contribution >= 4 is 22.4 Å². The minimum atomic E-state index is -0.307. The molecule has 3 aromatic rings. The summed E-state index contributed by atoms with van der Waals surface area (Å²) in [5, 5.41) is 8.19. The Labute approximate surface area is 131 Å². The van der Waals surface area contributed by atoms with E-state index in [4.69, 9.17) is 0 Å². The van der Waals surface area contributed by atoms with Gasteiger partial charge in [-0.1, -0.05) is 0 Å². The van der Waals surface area contributed by atoms with Crippen LogP contribution in [0.1, 0.15) is 5.82 Å². The first-order chi connectivity index (χ1) is 10.6. The molecule has 0 saturated carbocycles. The third-order valence-corrected chi connectivity index (χ3v) is 3.91. The van der Waals surface area contributed by atoms with E-state index in [1.54, 1.807) is 16.9 Å². The lowest BCUT2D eigenvalue weighted by atomic mass is 10.2. The Bertz CT molecular complexity index is 753. The highest BCUT2D eigenvalue weighted by molar-refractivity contribution is 7.09. The summed E-state index contributed by atoms with van der Waals surface area (Å²) in [6.45, 7) is 0.419. The van der Waals surface area contributed by atoms with Crippen molar-refractivity contribution in [3.05, 3.63) is 48.3 Å². The molecule has 0 bridgehead atoms. The van der Waals surface area contributed by atoms with Gasteiger partial charge in [0.25, 0.3) is 0 Å². The summed E-state index contributed by atoms with van der Waals surface area (Å²) in [6.07, 6.45) is 3.49. The summed E-state index contributed by atoms with van der Waals surface area (Å²) in [4.78, 5) is 6.30. The maximum absolute atomic E-state index is 13.5. The van der Waals surface area contributed by atoms with Gasteiger partial charge in [-0.15, -0.1) is 0 Å². The van der Waals surface area contributed by atoms with Gasteiger partial charge >= 0.3 is 0 Å². The number of rotatable bonds is 5. The highest BCUT2D eigenvalue weighted by Crippen LogP contribution is 2.22. The molecule has 0 fully saturated rings. The molecular weight excluding hydrogens is 303 g/mol. The maximum Gasteiger partial charge on any atom is 0.204 e. The average Bonchev–Trinajstić information content (AvgIpc) is 3.17. The van der Waals surface area contributed by atoms with Gasteiger partial charge in [0.05, 0.1) is 17.9 Å². The van der Waals surface area contributed by atoms with Crippen LogP contribution in [0.25, 0.3) is 5.69 Å². The van der Waals surface area contributed by atoms with Gasteiger partial charge < -0.3 is 10.2 Å². The summed E-state index contributed by atoms with van der Waals surface area (Å²) in [5.74, 6) is 0.364. The molecule has 0 aliphatic rings. The fraction of sp³-hybridized carbons (Fsp3) is 0.214. The zero-order valence-electron chi connectivity index (χ0n) is 12.2. The lowest BCUT2D eigenvalue weighted by Crippen LogP contribution is -2.09. The molecule has 114 valence electrons. The van der Waals surface area contributed by atoms with Crippen molar-refractivity contribution in [2.24, 2.45) is 0 Å². The lowest BCUT2D eigenvalue weighted by Gasteiger charge is -2.11. The highest BCUT2D eigenvalue weighted by atomic mass is 32.1. The molecule has 8 heteroatoms. The van der Waals surface area contributed by atoms with Crippen LogP contribution in [0.15, 0.2) is 36.7 Å². The minimum Gasteiger partial charge on any atom is -0.376 e. The van der Waals surface area contributed by atoms with Crippen LogP contribution in [-0.2, 0) is 6.54 Å². The van der Waals surface area contributed by atoms with Gasteiger partial charge in [-0.25, -0.2) is 14.1 Å². The molecule has 1 N–H and O–H groups in total. The molecule has 0 radical (unpaired) electrons. The smallest absolute Gasteiger partial charge is 0.204 e. The SMILES string of the molecule is CN(C)c1nc(CNc2cc(F)ccc2-n2cccn2)ns1. The standard InChI is InChI=1S/C14H15FN6S/c1-20(2)14-18-13(19-22-14)9-16-11-8-10(15)4-5-12(11)21-7-3-6-17-21/h3-8,16H,9H2,1-2H3. The van der Waals surface area contributed by atoms with Gasteiger partial charge in [0.15, 0.2) is 5.82 Å². The Morgan fingerprint density at radius 2 is 2.23 bits per heavy atom. The Kier molecular flexibility index (Phi) is 4.01. The van der Waals surface area contributed by atoms with Crippen LogP contribution in [0.3, 0.4) is 0 Å². The number of hydrogen-bond acceptors (Lipinski definition) is 6. The second-order valence-electron chi connectivity index (χ2n) is 4.85. The molecular formula is C14H15FN6S. The van der Waals surface area contributed by atoms with E-state index in [0.717, 1.165) is 10.8 Å². The lowest BCUT2D eigenvalue weighted by molar-refractivity contribution is 0.627. The molecule has 3 rings (SSSR count). The first kappa shape index (κ1) is 14.5. The van der Waals surface area contributed by atoms with Crippen LogP contribution in [0.2, 0.25) is 0 Å². The Morgan fingerprint density at radius 1 is 1.36 bits per heavy atom. The second-order valence-corrected chi connectivity index (χ2v) is 5.58. The molecule has 0 spiro atoms. The minimum absolute atomic E-state index is 0.307. The second kappa shape index (κ2) is 6.10. The van der Waals surface area contributed by atoms with Gasteiger partial charge in [0, 0.05) is 38.0 Å². The van der Waals surface area contributed by atoms with Crippen LogP contribution < -0.4 is 10.2 Å². The number of anilines is 2. The molecule has 0 aliphatic heterocycles. The highest BCUT2D eigenvalue weighted by Gasteiger charge is 2.09. The van der Waals surface area contributed by atoms with Crippen molar-refractivity contribution in [3.8, 4) is 5.69 Å². The third kappa shape index (κ3) is 3.06. The van der Waals surface area contributed by atoms with Crippen molar-refractivity contribution in [2.45, 2.75) is 6.54 Å². The normalized spacial score (nSPS) is 10.7. The number of benzene rings is 1. The van der Waals surface area contributed by atoms with Gasteiger partial charge in [-0.3, -0.25) is 0 Å². The zero-order valence-corrected chi connectivity index (χ0v) is 13.0. The number of nitrogens with zero attached hydrogens (tertiary/aromatic N) is 5. The topological polar surface area (TPSA) is 58.9 Å². The average molecular weight is 318 g/mol. The van der Waals surface area contributed by atoms with Crippen LogP contribution in [0, 0.1) is 5.82 Å². The fourth-order valence-electron chi connectivity index (χ4n) is 1.93. The Balaban J connectivity index is 1.80. The summed E-state index contributed by atoms with van der Waals surface area (Å²) in [5.41, 5.74) is 1.42. The van der Waals surface area contributed by atoms with E-state index < -0.39 is 0 Å². The summed E-state index contributed by atoms with van der Waals surface area (Å²) >= 11 is 1.33. The van der Waals surface area contributed by atoms with E-state index in [1.165, 1.54) is 23.7 Å². The number of aromatic nitrogens is 4. The Morgan fingerprint density at radius 3 is 2.91 bits per heavy atom. The molecule has 0 saturated heterocycles. The van der Waals surface area contributed by atoms with Crippen molar-refractivity contribution in [1.82, 2.24) is 19.1 Å². The molecule has 2 heterocycles. The van der Waals surface area contributed by atoms with Gasteiger partial charge in [0.1, 0.15) is 5.82 Å². The largest absolute Gasteiger partial charge is 0.376 e. The van der Waals surface area contributed by atoms with Crippen LogP contribution in [-0.4, -0.2) is 33.2 Å². The summed E-state index contributed by atoms with van der Waals surface area (Å²) in [6, 6.07) is 6.35. The van der Waals surface area contributed by atoms with E-state index in [0.29, 0.717) is 18.1 Å². The van der Waals surface area contributed by atoms with E-state index in [9.17, 15) is 4.39 Å². The van der Waals surface area contributed by atoms with Crippen molar-refractivity contribution in [1.29, 1.82) is 0 Å². The van der Waals surface area contributed by atoms with E-state index in [1.807, 2.05) is 31.3 Å². The predicted octanol–water partition coefficient (Wildman–Crippen LogP) is 2.54. The van der Waals surface area contributed by atoms with Crippen LogP contribution in [0.5, 0.6) is 0 Å². The molecule has 2 aromatic heterocycles. The molecule has 22 heavy (non-hydrogen) atoms. The Hall–Kier alpha value is -2.48. The van der Waals surface area contributed by atoms with E-state index in [-0.39, 0.29) is 5.82 Å². The number of halogens is 1. The monoisotopic (exact) mass is 318 g/mol. The molecule has 0 aliphatic carbocycles. The third-order valence-electron chi connectivity index (χ3n) is 2.99. The van der Waals surface area contributed by atoms with Crippen molar-refractivity contribution in [2.75, 3.05) is 24.3 Å². The quantitative estimate of drug-likeness (QED) is 0.783. The molecule has 0 amide bonds. The number of nitrogens with one attached hydrogen (secondary N) is 1. The predicted molar refractivity (Wildman–Crippen MR) is 85.1 cm³/mol. The van der Waals surface area contributed by atoms with E-state index >= 15 is 0 Å². The van der Waals surface area contributed by atoms with E-state index in [2.05, 4.69) is 19.8 Å². The molecule has 6 nitrogen and oxygen atoms in total. The van der Waals surface area contributed by atoms with Crippen LogP contribution >= 0.6 is 11.5 Å². The molecule has 1 aromatic carbocycles. The summed E-state index contributed by atoms with van der Waals surface area (Å²) in [7, 11) is 3.83. The zero-order chi connectivity index (χ0) is 15.5. The first-order valence-electron chi connectivity index (χ1n) is 6.67. The first-order valence-corrected chi connectivity index (χ1v) is 7.44. The van der Waals surface area contributed by atoms with Gasteiger partial charge in [-0.2, -0.15) is 9.47 Å². The summed E-state index contributed by atoms with van der Waals surface area (Å²) < 4.78 is 19.5. The van der Waals surface area contributed by atoms with Gasteiger partial charge in [-0.05, 0) is 24.3 Å². The molecule has 0 atom stereocenters. The molecule has 0 unspecified atom stereocenters. The van der Waals surface area contributed by atoms with Gasteiger partial charge in [0.2, 0.25) is 5.13 Å². The fourth-order valence-corrected chi connectivity index (χ4v) is 2.54. The van der Waals surface area contributed by atoms with Crippen molar-refractivity contribution < 1.29 is 4.39 Å². The van der Waals surface area contributed by atoms with Crippen LogP contribution in [0.4, 0.5) is 15.2 Å². The van der Waals surface area contributed by atoms with Crippen molar-refractivity contribution in [3.63, 3.8) is 0 Å². The maximum atomic E-state index is 13.5.